The van der Waals surface area contributed by atoms with Gasteiger partial charge in [-0.1, -0.05) is 22.4 Å². The van der Waals surface area contributed by atoms with E-state index < -0.39 is 12.1 Å². The zero-order chi connectivity index (χ0) is 12.4. The fourth-order valence-corrected chi connectivity index (χ4v) is 2.28. The van der Waals surface area contributed by atoms with E-state index in [9.17, 15) is 4.79 Å². The Morgan fingerprint density at radius 2 is 2.17 bits per heavy atom. The molecule has 5 heteroatoms. The van der Waals surface area contributed by atoms with Crippen LogP contribution in [0.25, 0.3) is 0 Å². The topological polar surface area (TPSA) is 46.5 Å². The van der Waals surface area contributed by atoms with E-state index in [1.807, 2.05) is 18.2 Å². The number of carbonyl (C=O) groups is 1. The molecule has 18 heavy (non-hydrogen) atoms. The Morgan fingerprint density at radius 3 is 2.67 bits per heavy atom. The van der Waals surface area contributed by atoms with Gasteiger partial charge >= 0.3 is 35.5 Å². The molecule has 0 aromatic heterocycles. The summed E-state index contributed by atoms with van der Waals surface area (Å²) < 4.78 is 6.51. The van der Waals surface area contributed by atoms with Gasteiger partial charge in [-0.2, -0.15) is 0 Å². The molecule has 0 radical (unpaired) electrons. The first-order valence-corrected chi connectivity index (χ1v) is 6.56. The number of hydrogen-bond donors (Lipinski definition) is 1. The molecular weight excluding hydrogens is 307 g/mol. The van der Waals surface area contributed by atoms with Gasteiger partial charge in [-0.25, -0.2) is 4.79 Å². The predicted molar refractivity (Wildman–Crippen MR) is 75.6 cm³/mol. The molecular formula is C13H16BrNaO3. The molecule has 0 bridgehead atoms. The second-order valence-corrected chi connectivity index (χ2v) is 5.32. The van der Waals surface area contributed by atoms with E-state index in [-0.39, 0.29) is 29.6 Å². The molecule has 0 amide bonds. The van der Waals surface area contributed by atoms with Crippen LogP contribution in [0.5, 0.6) is 5.75 Å². The second kappa shape index (κ2) is 6.94. The Balaban J connectivity index is 0.00000162. The first kappa shape index (κ1) is 16.0. The zero-order valence-corrected chi connectivity index (χ0v) is 11.2. The molecule has 1 saturated carbocycles. The Kier molecular flexibility index (Phi) is 6.18. The molecule has 1 N–H and O–H groups in total. The Hall–Kier alpha value is -0.0300. The molecule has 1 atom stereocenters. The van der Waals surface area contributed by atoms with Crippen molar-refractivity contribution in [3.63, 3.8) is 0 Å². The molecule has 94 valence electrons. The number of carboxylic acid groups (broad SMARTS) is 1. The van der Waals surface area contributed by atoms with E-state index in [0.29, 0.717) is 11.7 Å². The van der Waals surface area contributed by atoms with Gasteiger partial charge in [0.25, 0.3) is 0 Å². The Bertz CT molecular complexity index is 432. The van der Waals surface area contributed by atoms with Crippen LogP contribution in [-0.2, 0) is 4.79 Å². The number of hydrogen-bond acceptors (Lipinski definition) is 2. The third-order valence-electron chi connectivity index (χ3n) is 3.17. The molecule has 0 spiro atoms. The van der Waals surface area contributed by atoms with Crippen molar-refractivity contribution in [2.75, 3.05) is 0 Å². The quantitative estimate of drug-likeness (QED) is 0.867. The standard InChI is InChI=1S/C13H15BrO3.Na.H/c1-8(13(15)16)17-12-6-5-10(14)7-11(12)9-3-2-4-9;;/h5-9H,2-4H2,1H3,(H,15,16);;. The molecule has 1 aromatic rings. The van der Waals surface area contributed by atoms with Crippen molar-refractivity contribution in [2.45, 2.75) is 38.2 Å². The van der Waals surface area contributed by atoms with Crippen molar-refractivity contribution in [2.24, 2.45) is 0 Å². The van der Waals surface area contributed by atoms with Crippen molar-refractivity contribution in [3.8, 4) is 5.75 Å². The zero-order valence-electron chi connectivity index (χ0n) is 9.65. The average Bonchev–Trinajstić information content (AvgIpc) is 2.19. The summed E-state index contributed by atoms with van der Waals surface area (Å²) in [5.74, 6) is 0.281. The number of halogens is 1. The van der Waals surface area contributed by atoms with Crippen LogP contribution < -0.4 is 4.74 Å². The van der Waals surface area contributed by atoms with Gasteiger partial charge in [0.2, 0.25) is 0 Å². The van der Waals surface area contributed by atoms with Crippen LogP contribution in [0.15, 0.2) is 22.7 Å². The molecule has 1 aliphatic rings. The summed E-state index contributed by atoms with van der Waals surface area (Å²) in [7, 11) is 0. The fourth-order valence-electron chi connectivity index (χ4n) is 1.91. The van der Waals surface area contributed by atoms with Gasteiger partial charge in [-0.05, 0) is 49.4 Å². The summed E-state index contributed by atoms with van der Waals surface area (Å²) in [6.45, 7) is 1.55. The van der Waals surface area contributed by atoms with Crippen molar-refractivity contribution < 1.29 is 14.6 Å². The minimum absolute atomic E-state index is 0. The number of aliphatic carboxylic acids is 1. The van der Waals surface area contributed by atoms with E-state index in [0.717, 1.165) is 22.9 Å². The third kappa shape index (κ3) is 3.73. The number of benzene rings is 1. The van der Waals surface area contributed by atoms with Crippen LogP contribution in [0.3, 0.4) is 0 Å². The summed E-state index contributed by atoms with van der Waals surface area (Å²) in [6, 6.07) is 5.76. The van der Waals surface area contributed by atoms with Crippen LogP contribution in [0.4, 0.5) is 0 Å². The van der Waals surface area contributed by atoms with Crippen LogP contribution in [0, 0.1) is 0 Å². The maximum absolute atomic E-state index is 10.8. The maximum atomic E-state index is 10.8. The van der Waals surface area contributed by atoms with E-state index in [4.69, 9.17) is 9.84 Å². The fraction of sp³-hybridized carbons (Fsp3) is 0.462. The molecule has 3 nitrogen and oxygen atoms in total. The van der Waals surface area contributed by atoms with Gasteiger partial charge in [0.1, 0.15) is 5.75 Å². The third-order valence-corrected chi connectivity index (χ3v) is 3.66. The van der Waals surface area contributed by atoms with Gasteiger partial charge in [0.05, 0.1) is 0 Å². The van der Waals surface area contributed by atoms with Gasteiger partial charge < -0.3 is 9.84 Å². The van der Waals surface area contributed by atoms with Crippen LogP contribution in [-0.4, -0.2) is 46.7 Å². The van der Waals surface area contributed by atoms with Crippen LogP contribution >= 0.6 is 15.9 Å². The minimum atomic E-state index is -0.938. The molecule has 0 heterocycles. The molecule has 2 rings (SSSR count). The number of carboxylic acids is 1. The SMILES string of the molecule is CC(Oc1ccc(Br)cc1C1CCC1)C(=O)O.[NaH]. The van der Waals surface area contributed by atoms with Gasteiger partial charge in [0, 0.05) is 4.47 Å². The summed E-state index contributed by atoms with van der Waals surface area (Å²) in [5.41, 5.74) is 1.12. The predicted octanol–water partition coefficient (Wildman–Crippen LogP) is 2.92. The Labute approximate surface area is 137 Å². The van der Waals surface area contributed by atoms with E-state index in [1.54, 1.807) is 6.92 Å². The van der Waals surface area contributed by atoms with E-state index >= 15 is 0 Å². The van der Waals surface area contributed by atoms with Crippen molar-refractivity contribution in [1.82, 2.24) is 0 Å². The molecule has 0 saturated heterocycles. The van der Waals surface area contributed by atoms with Crippen LogP contribution in [0.1, 0.15) is 37.7 Å². The van der Waals surface area contributed by atoms with Crippen molar-refractivity contribution in [1.29, 1.82) is 0 Å². The van der Waals surface area contributed by atoms with E-state index in [2.05, 4.69) is 15.9 Å². The van der Waals surface area contributed by atoms with Crippen molar-refractivity contribution in [3.05, 3.63) is 28.2 Å². The molecule has 1 unspecified atom stereocenters. The Morgan fingerprint density at radius 1 is 1.50 bits per heavy atom. The van der Waals surface area contributed by atoms with Gasteiger partial charge in [-0.3, -0.25) is 0 Å². The first-order chi connectivity index (χ1) is 8.08. The van der Waals surface area contributed by atoms with Gasteiger partial charge in [0.15, 0.2) is 6.10 Å². The normalized spacial score (nSPS) is 16.3. The summed E-state index contributed by atoms with van der Waals surface area (Å²) >= 11 is 3.44. The summed E-state index contributed by atoms with van der Waals surface area (Å²) in [4.78, 5) is 10.8. The van der Waals surface area contributed by atoms with Gasteiger partial charge in [-0.15, -0.1) is 0 Å². The number of ether oxygens (including phenoxy) is 1. The molecule has 1 fully saturated rings. The molecule has 0 aliphatic heterocycles. The van der Waals surface area contributed by atoms with E-state index in [1.165, 1.54) is 6.42 Å². The van der Waals surface area contributed by atoms with Crippen LogP contribution in [0.2, 0.25) is 0 Å². The molecule has 1 aromatic carbocycles. The summed E-state index contributed by atoms with van der Waals surface area (Å²) in [5, 5.41) is 8.86. The summed E-state index contributed by atoms with van der Waals surface area (Å²) in [6.07, 6.45) is 2.75. The molecule has 1 aliphatic carbocycles. The monoisotopic (exact) mass is 322 g/mol. The first-order valence-electron chi connectivity index (χ1n) is 5.77. The number of rotatable bonds is 4. The van der Waals surface area contributed by atoms with Crippen molar-refractivity contribution >= 4 is 51.5 Å². The average molecular weight is 323 g/mol. The second-order valence-electron chi connectivity index (χ2n) is 4.41.